The second-order valence-electron chi connectivity index (χ2n) is 13.3. The van der Waals surface area contributed by atoms with Crippen LogP contribution in [0.15, 0.2) is 85.2 Å². The van der Waals surface area contributed by atoms with Gasteiger partial charge in [-0.1, -0.05) is 77.5 Å². The molecule has 1 aliphatic rings. The van der Waals surface area contributed by atoms with Gasteiger partial charge in [-0.15, -0.1) is 17.5 Å². The van der Waals surface area contributed by atoms with E-state index in [1.165, 1.54) is 10.5 Å². The summed E-state index contributed by atoms with van der Waals surface area (Å²) in [5.41, 5.74) is 5.28. The van der Waals surface area contributed by atoms with Crippen LogP contribution in [0, 0.1) is 18.8 Å². The van der Waals surface area contributed by atoms with Gasteiger partial charge in [0, 0.05) is 59.8 Å². The van der Waals surface area contributed by atoms with Crippen LogP contribution >= 0.6 is 0 Å². The molecule has 45 heavy (non-hydrogen) atoms. The molecule has 1 aliphatic heterocycles. The Kier molecular flexibility index (Phi) is 6.85. The third kappa shape index (κ3) is 5.61. The number of aromatic nitrogens is 3. The Hall–Kier alpha value is -4.15. The average Bonchev–Trinajstić information content (AvgIpc) is 3.56. The number of pyridine rings is 2. The monoisotopic (exact) mass is 776 g/mol. The van der Waals surface area contributed by atoms with Gasteiger partial charge in [-0.2, -0.15) is 24.9 Å². The molecule has 7 rings (SSSR count). The SMILES string of the molecule is [2H]C([2H])([2H])N1[CH-]N(c2[c-]c(Oc3[c-]c4c(cc3)c3ccccc3n4-c3cc(C(C)(C)C)ccn3)ccn2)c2cc(C(C)(C)C)ccc21.[Pt]. The first-order valence-electron chi connectivity index (χ1n) is 16.3. The second-order valence-corrected chi connectivity index (χ2v) is 13.3. The van der Waals surface area contributed by atoms with Gasteiger partial charge in [-0.05, 0) is 70.4 Å². The van der Waals surface area contributed by atoms with Crippen LogP contribution in [0.25, 0.3) is 27.6 Å². The predicted octanol–water partition coefficient (Wildman–Crippen LogP) is 9.27. The molecule has 0 N–H and O–H groups in total. The fourth-order valence-electron chi connectivity index (χ4n) is 5.63. The molecular weight excluding hydrogens is 738 g/mol. The van der Waals surface area contributed by atoms with Crippen LogP contribution in [-0.2, 0) is 31.9 Å². The summed E-state index contributed by atoms with van der Waals surface area (Å²) in [6.07, 6.45) is 3.49. The van der Waals surface area contributed by atoms with Crippen LogP contribution < -0.4 is 14.5 Å². The molecule has 0 bridgehead atoms. The van der Waals surface area contributed by atoms with E-state index in [4.69, 9.17) is 13.8 Å². The minimum atomic E-state index is -2.37. The molecule has 6 aromatic rings. The van der Waals surface area contributed by atoms with Crippen LogP contribution in [0.4, 0.5) is 17.2 Å². The van der Waals surface area contributed by atoms with Gasteiger partial charge in [-0.25, -0.2) is 4.98 Å². The first kappa shape index (κ1) is 27.2. The van der Waals surface area contributed by atoms with Crippen molar-refractivity contribution in [2.75, 3.05) is 16.8 Å². The molecule has 0 unspecified atom stereocenters. The summed E-state index contributed by atoms with van der Waals surface area (Å²) in [6.45, 7) is 12.1. The maximum absolute atomic E-state index is 8.14. The number of anilines is 3. The summed E-state index contributed by atoms with van der Waals surface area (Å²) >= 11 is 0. The maximum Gasteiger partial charge on any atom is 0.135 e. The van der Waals surface area contributed by atoms with Crippen molar-refractivity contribution in [2.24, 2.45) is 0 Å². The molecule has 0 spiro atoms. The Bertz CT molecular complexity index is 2150. The molecule has 0 saturated heterocycles. The smallest absolute Gasteiger partial charge is 0.135 e. The van der Waals surface area contributed by atoms with Crippen LogP contribution in [-0.4, -0.2) is 21.5 Å². The number of ether oxygens (including phenoxy) is 1. The average molecular weight is 777 g/mol. The van der Waals surface area contributed by atoms with Crippen LogP contribution in [0.2, 0.25) is 0 Å². The summed E-state index contributed by atoms with van der Waals surface area (Å²) in [5, 5.41) is 2.14. The van der Waals surface area contributed by atoms with Crippen LogP contribution in [0.3, 0.4) is 0 Å². The number of hydrogen-bond acceptors (Lipinski definition) is 5. The largest absolute Gasteiger partial charge is 0.521 e. The van der Waals surface area contributed by atoms with Crippen LogP contribution in [0.5, 0.6) is 11.5 Å². The molecule has 0 radical (unpaired) electrons. The van der Waals surface area contributed by atoms with E-state index >= 15 is 0 Å². The number of nitrogens with zero attached hydrogens (tertiary/aromatic N) is 5. The van der Waals surface area contributed by atoms with Gasteiger partial charge in [0.1, 0.15) is 5.82 Å². The third-order valence-electron chi connectivity index (χ3n) is 8.09. The minimum absolute atomic E-state index is 0. The molecule has 0 amide bonds. The fourth-order valence-corrected chi connectivity index (χ4v) is 5.63. The van der Waals surface area contributed by atoms with E-state index in [1.54, 1.807) is 23.8 Å². The van der Waals surface area contributed by atoms with Gasteiger partial charge in [0.05, 0.1) is 0 Å². The Labute approximate surface area is 284 Å². The van der Waals surface area contributed by atoms with E-state index < -0.39 is 6.98 Å². The van der Waals surface area contributed by atoms with Crippen molar-refractivity contribution in [2.45, 2.75) is 52.4 Å². The molecule has 0 aliphatic carbocycles. The van der Waals surface area contributed by atoms with Gasteiger partial charge in [0.15, 0.2) is 0 Å². The molecule has 4 heterocycles. The molecule has 3 aromatic carbocycles. The molecule has 232 valence electrons. The van der Waals surface area contributed by atoms with E-state index in [1.807, 2.05) is 48.7 Å². The summed E-state index contributed by atoms with van der Waals surface area (Å²) < 4.78 is 32.9. The number of benzene rings is 3. The quantitative estimate of drug-likeness (QED) is 0.167. The Morgan fingerprint density at radius 3 is 2.27 bits per heavy atom. The first-order chi connectivity index (χ1) is 22.2. The van der Waals surface area contributed by atoms with Crippen molar-refractivity contribution < 1.29 is 29.9 Å². The minimum Gasteiger partial charge on any atom is -0.521 e. The molecule has 7 heteroatoms. The van der Waals surface area contributed by atoms with Crippen molar-refractivity contribution in [3.05, 3.63) is 115 Å². The predicted molar refractivity (Wildman–Crippen MR) is 179 cm³/mol. The normalized spacial score (nSPS) is 14.6. The molecule has 0 atom stereocenters. The zero-order chi connectivity index (χ0) is 33.3. The van der Waals surface area contributed by atoms with Crippen molar-refractivity contribution in [1.29, 1.82) is 0 Å². The molecule has 0 fully saturated rings. The third-order valence-corrected chi connectivity index (χ3v) is 8.09. The fraction of sp³-hybridized carbons (Fsp3) is 0.237. The first-order valence-corrected chi connectivity index (χ1v) is 14.8. The molecule has 0 saturated carbocycles. The van der Waals surface area contributed by atoms with Gasteiger partial charge >= 0.3 is 0 Å². The van der Waals surface area contributed by atoms with E-state index in [2.05, 4.69) is 87.5 Å². The van der Waals surface area contributed by atoms with Crippen molar-refractivity contribution >= 4 is 39.0 Å². The van der Waals surface area contributed by atoms with E-state index in [-0.39, 0.29) is 31.9 Å². The summed E-state index contributed by atoms with van der Waals surface area (Å²) in [5.74, 6) is 2.16. The van der Waals surface area contributed by atoms with Crippen molar-refractivity contribution in [3.63, 3.8) is 0 Å². The zero-order valence-electron chi connectivity index (χ0n) is 29.1. The number of hydrogen-bond donors (Lipinski definition) is 0. The van der Waals surface area contributed by atoms with Gasteiger partial charge in [-0.3, -0.25) is 4.98 Å². The summed E-state index contributed by atoms with van der Waals surface area (Å²) in [6, 6.07) is 30.7. The Balaban J connectivity index is 0.00000401. The van der Waals surface area contributed by atoms with Gasteiger partial charge in [0.2, 0.25) is 0 Å². The summed E-state index contributed by atoms with van der Waals surface area (Å²) in [7, 11) is 0. The second kappa shape index (κ2) is 11.3. The standard InChI is InChI=1S/C38H36N5O.Pt/c1-37(2,3)25-12-15-32-34(20-25)42(24-41(32)7)35-23-28(17-19-39-35)44-27-13-14-30-29-10-8-9-11-31(29)43(33(30)22-27)36-21-26(16-18-40-36)38(4,5)6;/h8-21,24H,1-7H3;/q-3;/i7D3;. The van der Waals surface area contributed by atoms with Crippen molar-refractivity contribution in [3.8, 4) is 17.3 Å². The Morgan fingerprint density at radius 2 is 1.49 bits per heavy atom. The number of rotatable bonds is 4. The molecule has 6 nitrogen and oxygen atoms in total. The topological polar surface area (TPSA) is 46.4 Å². The maximum atomic E-state index is 8.14. The van der Waals surface area contributed by atoms with Gasteiger partial charge < -0.3 is 19.1 Å². The van der Waals surface area contributed by atoms with Crippen LogP contribution in [0.1, 0.15) is 56.8 Å². The summed E-state index contributed by atoms with van der Waals surface area (Å²) in [4.78, 5) is 12.4. The molecule has 3 aromatic heterocycles. The zero-order valence-corrected chi connectivity index (χ0v) is 28.4. The van der Waals surface area contributed by atoms with Crippen molar-refractivity contribution in [1.82, 2.24) is 14.5 Å². The molecular formula is C38H36N5OPt-3. The van der Waals surface area contributed by atoms with E-state index in [0.29, 0.717) is 23.0 Å². The number of fused-ring (bicyclic) bond motifs is 4. The Morgan fingerprint density at radius 1 is 0.756 bits per heavy atom. The number of para-hydroxylation sites is 1. The van der Waals surface area contributed by atoms with Gasteiger partial charge in [0.25, 0.3) is 0 Å². The van der Waals surface area contributed by atoms with E-state index in [9.17, 15) is 0 Å². The van der Waals surface area contributed by atoms with E-state index in [0.717, 1.165) is 38.9 Å².